The highest BCUT2D eigenvalue weighted by Gasteiger charge is 2.05. The summed E-state index contributed by atoms with van der Waals surface area (Å²) in [6.45, 7) is 9.90. The zero-order chi connectivity index (χ0) is 12.0. The Morgan fingerprint density at radius 3 is 2.38 bits per heavy atom. The van der Waals surface area contributed by atoms with E-state index in [1.165, 1.54) is 11.3 Å². The zero-order valence-electron chi connectivity index (χ0n) is 10.3. The van der Waals surface area contributed by atoms with Gasteiger partial charge in [0.25, 0.3) is 0 Å². The summed E-state index contributed by atoms with van der Waals surface area (Å²) in [6, 6.07) is 8.67. The Kier molecular flexibility index (Phi) is 5.06. The molecule has 0 radical (unpaired) electrons. The van der Waals surface area contributed by atoms with Gasteiger partial charge in [-0.15, -0.1) is 6.58 Å². The van der Waals surface area contributed by atoms with Crippen LogP contribution in [0.15, 0.2) is 36.9 Å². The summed E-state index contributed by atoms with van der Waals surface area (Å²) < 4.78 is 0. The van der Waals surface area contributed by atoms with E-state index in [0.717, 1.165) is 19.5 Å². The molecule has 0 heterocycles. The molecule has 2 N–H and O–H groups in total. The molecular formula is C14H22N2. The number of nitrogens with two attached hydrogens (primary N) is 1. The maximum atomic E-state index is 5.98. The van der Waals surface area contributed by atoms with Gasteiger partial charge in [-0.05, 0) is 31.0 Å². The van der Waals surface area contributed by atoms with Gasteiger partial charge in [-0.2, -0.15) is 0 Å². The summed E-state index contributed by atoms with van der Waals surface area (Å²) in [5.41, 5.74) is 8.42. The molecule has 0 aliphatic carbocycles. The average molecular weight is 218 g/mol. The Morgan fingerprint density at radius 1 is 1.31 bits per heavy atom. The third-order valence-electron chi connectivity index (χ3n) is 2.86. The maximum absolute atomic E-state index is 5.98. The van der Waals surface area contributed by atoms with E-state index in [1.54, 1.807) is 0 Å². The van der Waals surface area contributed by atoms with Gasteiger partial charge in [0.2, 0.25) is 0 Å². The second-order valence-corrected chi connectivity index (χ2v) is 3.93. The normalized spacial score (nSPS) is 12.2. The van der Waals surface area contributed by atoms with Crippen molar-refractivity contribution in [2.45, 2.75) is 26.3 Å². The van der Waals surface area contributed by atoms with Crippen LogP contribution in [0, 0.1) is 0 Å². The van der Waals surface area contributed by atoms with Crippen molar-refractivity contribution < 1.29 is 0 Å². The van der Waals surface area contributed by atoms with Crippen LogP contribution in [0.3, 0.4) is 0 Å². The van der Waals surface area contributed by atoms with Crippen LogP contribution < -0.4 is 10.6 Å². The van der Waals surface area contributed by atoms with Crippen LogP contribution in [0.4, 0.5) is 5.69 Å². The fourth-order valence-corrected chi connectivity index (χ4v) is 1.74. The Labute approximate surface area is 98.8 Å². The number of likely N-dealkylation sites (N-methyl/N-ethyl adjacent to an activating group) is 1. The molecule has 0 unspecified atom stereocenters. The fourth-order valence-electron chi connectivity index (χ4n) is 1.74. The van der Waals surface area contributed by atoms with Crippen LogP contribution in [-0.2, 0) is 0 Å². The van der Waals surface area contributed by atoms with Crippen molar-refractivity contribution in [1.82, 2.24) is 0 Å². The number of hydrogen-bond acceptors (Lipinski definition) is 2. The van der Waals surface area contributed by atoms with Crippen LogP contribution in [0.25, 0.3) is 0 Å². The average Bonchev–Trinajstić information content (AvgIpc) is 2.35. The topological polar surface area (TPSA) is 29.3 Å². The van der Waals surface area contributed by atoms with Gasteiger partial charge < -0.3 is 10.6 Å². The number of rotatable bonds is 6. The Hall–Kier alpha value is -1.28. The molecule has 0 saturated carbocycles. The van der Waals surface area contributed by atoms with Crippen molar-refractivity contribution in [2.24, 2.45) is 5.73 Å². The van der Waals surface area contributed by atoms with E-state index in [9.17, 15) is 0 Å². The van der Waals surface area contributed by atoms with Crippen molar-refractivity contribution >= 4 is 5.69 Å². The number of anilines is 1. The molecule has 0 bridgehead atoms. The van der Waals surface area contributed by atoms with Crippen LogP contribution in [0.2, 0.25) is 0 Å². The minimum atomic E-state index is 0.156. The molecule has 0 aliphatic heterocycles. The summed E-state index contributed by atoms with van der Waals surface area (Å²) in [6.07, 6.45) is 2.90. The third kappa shape index (κ3) is 3.11. The van der Waals surface area contributed by atoms with E-state index in [0.29, 0.717) is 0 Å². The van der Waals surface area contributed by atoms with Gasteiger partial charge in [0.1, 0.15) is 0 Å². The third-order valence-corrected chi connectivity index (χ3v) is 2.86. The Balaban J connectivity index is 2.80. The van der Waals surface area contributed by atoms with E-state index >= 15 is 0 Å². The lowest BCUT2D eigenvalue weighted by Crippen LogP contribution is -2.22. The van der Waals surface area contributed by atoms with E-state index in [-0.39, 0.29) is 6.04 Å². The summed E-state index contributed by atoms with van der Waals surface area (Å²) in [4.78, 5) is 2.27. The molecule has 0 aromatic heterocycles. The highest BCUT2D eigenvalue weighted by molar-refractivity contribution is 5.48. The van der Waals surface area contributed by atoms with E-state index in [1.807, 2.05) is 6.08 Å². The predicted molar refractivity (Wildman–Crippen MR) is 71.7 cm³/mol. The first-order valence-corrected chi connectivity index (χ1v) is 5.94. The minimum absolute atomic E-state index is 0.156. The van der Waals surface area contributed by atoms with Gasteiger partial charge in [0.05, 0.1) is 0 Å². The molecule has 0 saturated heterocycles. The molecule has 0 amide bonds. The molecule has 16 heavy (non-hydrogen) atoms. The highest BCUT2D eigenvalue weighted by Crippen LogP contribution is 2.19. The van der Waals surface area contributed by atoms with Gasteiger partial charge in [-0.1, -0.05) is 25.1 Å². The minimum Gasteiger partial charge on any atom is -0.368 e. The molecule has 1 atom stereocenters. The first-order valence-electron chi connectivity index (χ1n) is 5.94. The smallest absolute Gasteiger partial charge is 0.0369 e. The van der Waals surface area contributed by atoms with E-state index < -0.39 is 0 Å². The molecule has 0 aliphatic rings. The lowest BCUT2D eigenvalue weighted by molar-refractivity contribution is 0.698. The van der Waals surface area contributed by atoms with Crippen LogP contribution >= 0.6 is 0 Å². The second-order valence-electron chi connectivity index (χ2n) is 3.93. The van der Waals surface area contributed by atoms with Crippen LogP contribution in [-0.4, -0.2) is 13.1 Å². The summed E-state index contributed by atoms with van der Waals surface area (Å²) >= 11 is 0. The monoisotopic (exact) mass is 218 g/mol. The molecule has 2 heteroatoms. The molecule has 1 rings (SSSR count). The summed E-state index contributed by atoms with van der Waals surface area (Å²) in [7, 11) is 0. The SMILES string of the molecule is C=CCN(CC)c1ccc([C@H](N)CC)cc1. The van der Waals surface area contributed by atoms with Crippen molar-refractivity contribution in [1.29, 1.82) is 0 Å². The molecule has 1 aromatic carbocycles. The van der Waals surface area contributed by atoms with Crippen molar-refractivity contribution in [3.05, 3.63) is 42.5 Å². The van der Waals surface area contributed by atoms with Crippen LogP contribution in [0.1, 0.15) is 31.9 Å². The van der Waals surface area contributed by atoms with Crippen molar-refractivity contribution in [2.75, 3.05) is 18.0 Å². The number of benzene rings is 1. The Bertz CT molecular complexity index is 316. The standard InChI is InChI=1S/C14H22N2/c1-4-11-16(6-3)13-9-7-12(8-10-13)14(15)5-2/h4,7-10,14H,1,5-6,11,15H2,2-3H3/t14-/m1/s1. The molecule has 2 nitrogen and oxygen atoms in total. The molecule has 0 fully saturated rings. The molecular weight excluding hydrogens is 196 g/mol. The van der Waals surface area contributed by atoms with Gasteiger partial charge >= 0.3 is 0 Å². The van der Waals surface area contributed by atoms with Crippen LogP contribution in [0.5, 0.6) is 0 Å². The van der Waals surface area contributed by atoms with E-state index in [2.05, 4.69) is 49.6 Å². The van der Waals surface area contributed by atoms with Gasteiger partial charge in [-0.3, -0.25) is 0 Å². The lowest BCUT2D eigenvalue weighted by Gasteiger charge is -2.22. The number of nitrogens with zero attached hydrogens (tertiary/aromatic N) is 1. The van der Waals surface area contributed by atoms with Crippen molar-refractivity contribution in [3.8, 4) is 0 Å². The predicted octanol–water partition coefficient (Wildman–Crippen LogP) is 3.11. The summed E-state index contributed by atoms with van der Waals surface area (Å²) in [5.74, 6) is 0. The maximum Gasteiger partial charge on any atom is 0.0369 e. The lowest BCUT2D eigenvalue weighted by atomic mass is 10.1. The quantitative estimate of drug-likeness (QED) is 0.743. The first-order chi connectivity index (χ1) is 7.72. The van der Waals surface area contributed by atoms with Gasteiger partial charge in [0, 0.05) is 24.8 Å². The first kappa shape index (κ1) is 12.8. The van der Waals surface area contributed by atoms with E-state index in [4.69, 9.17) is 5.73 Å². The zero-order valence-corrected chi connectivity index (χ0v) is 10.3. The Morgan fingerprint density at radius 2 is 1.94 bits per heavy atom. The van der Waals surface area contributed by atoms with Gasteiger partial charge in [-0.25, -0.2) is 0 Å². The summed E-state index contributed by atoms with van der Waals surface area (Å²) in [5, 5.41) is 0. The second kappa shape index (κ2) is 6.33. The molecule has 88 valence electrons. The van der Waals surface area contributed by atoms with Gasteiger partial charge in [0.15, 0.2) is 0 Å². The van der Waals surface area contributed by atoms with Crippen molar-refractivity contribution in [3.63, 3.8) is 0 Å². The largest absolute Gasteiger partial charge is 0.368 e. The molecule has 1 aromatic rings. The highest BCUT2D eigenvalue weighted by atomic mass is 15.1. The fraction of sp³-hybridized carbons (Fsp3) is 0.429. The number of hydrogen-bond donors (Lipinski definition) is 1. The molecule has 0 spiro atoms.